The van der Waals surface area contributed by atoms with Crippen LogP contribution in [0.2, 0.25) is 0 Å². The fourth-order valence-corrected chi connectivity index (χ4v) is 3.41. The van der Waals surface area contributed by atoms with Gasteiger partial charge in [0, 0.05) is 11.5 Å². The van der Waals surface area contributed by atoms with Gasteiger partial charge in [0.1, 0.15) is 12.4 Å². The summed E-state index contributed by atoms with van der Waals surface area (Å²) in [5.74, 6) is 0.133. The van der Waals surface area contributed by atoms with E-state index in [1.807, 2.05) is 36.6 Å². The lowest BCUT2D eigenvalue weighted by atomic mass is 10.1. The smallest absolute Gasteiger partial charge is 0.244 e. The van der Waals surface area contributed by atoms with Crippen molar-refractivity contribution in [2.45, 2.75) is 26.5 Å². The normalized spacial score (nSPS) is 12.0. The molecule has 0 radical (unpaired) electrons. The van der Waals surface area contributed by atoms with Gasteiger partial charge in [0.15, 0.2) is 11.6 Å². The van der Waals surface area contributed by atoms with E-state index < -0.39 is 5.82 Å². The summed E-state index contributed by atoms with van der Waals surface area (Å²) in [5, 5.41) is 5.80. The predicted octanol–water partition coefficient (Wildman–Crippen LogP) is 5.07. The number of nitrogens with zero attached hydrogens (tertiary/aromatic N) is 1. The number of aryl methyl sites for hydroxylation is 1. The lowest BCUT2D eigenvalue weighted by Crippen LogP contribution is -2.24. The van der Waals surface area contributed by atoms with Gasteiger partial charge in [0.2, 0.25) is 5.91 Å². The van der Waals surface area contributed by atoms with Crippen molar-refractivity contribution in [2.24, 2.45) is 0 Å². The van der Waals surface area contributed by atoms with Gasteiger partial charge in [0.05, 0.1) is 23.9 Å². The molecule has 1 unspecified atom stereocenters. The van der Waals surface area contributed by atoms with E-state index in [9.17, 15) is 9.18 Å². The van der Waals surface area contributed by atoms with E-state index in [4.69, 9.17) is 9.47 Å². The molecule has 0 saturated heterocycles. The van der Waals surface area contributed by atoms with Crippen molar-refractivity contribution in [2.75, 3.05) is 7.11 Å². The molecule has 0 aliphatic rings. The molecule has 0 bridgehead atoms. The van der Waals surface area contributed by atoms with Gasteiger partial charge in [-0.15, -0.1) is 11.3 Å². The molecule has 3 aromatic rings. The third-order valence-corrected chi connectivity index (χ3v) is 5.20. The monoisotopic (exact) mass is 426 g/mol. The summed E-state index contributed by atoms with van der Waals surface area (Å²) in [4.78, 5) is 16.6. The minimum absolute atomic E-state index is 0.171. The molecule has 5 nitrogen and oxygen atoms in total. The number of nitrogens with one attached hydrogen (secondary N) is 1. The molecule has 3 rings (SSSR count). The Hall–Kier alpha value is -3.19. The minimum Gasteiger partial charge on any atom is -0.494 e. The second kappa shape index (κ2) is 10.0. The molecule has 1 aromatic heterocycles. The van der Waals surface area contributed by atoms with Crippen molar-refractivity contribution in [1.29, 1.82) is 0 Å². The molecule has 1 atom stereocenters. The van der Waals surface area contributed by atoms with Crippen LogP contribution in [-0.2, 0) is 11.4 Å². The first-order valence-electron chi connectivity index (χ1n) is 9.40. The molecule has 156 valence electrons. The third-order valence-electron chi connectivity index (χ3n) is 4.37. The quantitative estimate of drug-likeness (QED) is 0.511. The molecule has 0 aliphatic heterocycles. The molecule has 1 N–H and O–H groups in total. The first-order valence-corrected chi connectivity index (χ1v) is 10.3. The molecule has 30 heavy (non-hydrogen) atoms. The number of aromatic nitrogens is 1. The van der Waals surface area contributed by atoms with Crippen LogP contribution in [0, 0.1) is 12.7 Å². The lowest BCUT2D eigenvalue weighted by molar-refractivity contribution is -0.117. The largest absolute Gasteiger partial charge is 0.494 e. The predicted molar refractivity (Wildman–Crippen MR) is 116 cm³/mol. The number of thiazole rings is 1. The van der Waals surface area contributed by atoms with Gasteiger partial charge in [-0.1, -0.05) is 18.2 Å². The van der Waals surface area contributed by atoms with Crippen LogP contribution in [-0.4, -0.2) is 18.0 Å². The molecular weight excluding hydrogens is 403 g/mol. The zero-order chi connectivity index (χ0) is 21.5. The van der Waals surface area contributed by atoms with E-state index in [2.05, 4.69) is 10.3 Å². The van der Waals surface area contributed by atoms with Crippen molar-refractivity contribution in [3.8, 4) is 11.5 Å². The Kier molecular flexibility index (Phi) is 7.19. The van der Waals surface area contributed by atoms with Crippen LogP contribution in [0.25, 0.3) is 6.08 Å². The molecule has 2 aromatic carbocycles. The summed E-state index contributed by atoms with van der Waals surface area (Å²) in [6.45, 7) is 4.15. The van der Waals surface area contributed by atoms with Crippen LogP contribution in [0.1, 0.15) is 34.8 Å². The van der Waals surface area contributed by atoms with Crippen LogP contribution in [0.15, 0.2) is 53.9 Å². The van der Waals surface area contributed by atoms with Gasteiger partial charge in [-0.2, -0.15) is 0 Å². The molecule has 0 saturated carbocycles. The van der Waals surface area contributed by atoms with Gasteiger partial charge in [-0.3, -0.25) is 4.79 Å². The van der Waals surface area contributed by atoms with E-state index in [-0.39, 0.29) is 17.7 Å². The lowest BCUT2D eigenvalue weighted by Gasteiger charge is -2.14. The number of methoxy groups -OCH3 is 1. The molecule has 7 heteroatoms. The average molecular weight is 427 g/mol. The highest BCUT2D eigenvalue weighted by molar-refractivity contribution is 7.09. The Morgan fingerprint density at radius 3 is 2.83 bits per heavy atom. The van der Waals surface area contributed by atoms with Crippen molar-refractivity contribution >= 4 is 23.3 Å². The summed E-state index contributed by atoms with van der Waals surface area (Å²) in [6, 6.07) is 11.7. The van der Waals surface area contributed by atoms with Gasteiger partial charge >= 0.3 is 0 Å². The van der Waals surface area contributed by atoms with E-state index >= 15 is 0 Å². The second-order valence-corrected chi connectivity index (χ2v) is 7.74. The third kappa shape index (κ3) is 5.90. The average Bonchev–Trinajstić information content (AvgIpc) is 3.16. The van der Waals surface area contributed by atoms with Crippen molar-refractivity contribution in [3.05, 3.63) is 81.6 Å². The Labute approximate surface area is 179 Å². The first kappa shape index (κ1) is 21.5. The Morgan fingerprint density at radius 2 is 2.13 bits per heavy atom. The molecule has 1 amide bonds. The van der Waals surface area contributed by atoms with Crippen LogP contribution in [0.3, 0.4) is 0 Å². The first-order chi connectivity index (χ1) is 14.4. The van der Waals surface area contributed by atoms with Crippen LogP contribution >= 0.6 is 11.3 Å². The summed E-state index contributed by atoms with van der Waals surface area (Å²) in [6.07, 6.45) is 3.15. The van der Waals surface area contributed by atoms with Gasteiger partial charge in [0.25, 0.3) is 0 Å². The number of hydrogen-bond acceptors (Lipinski definition) is 5. The highest BCUT2D eigenvalue weighted by atomic mass is 32.1. The zero-order valence-electron chi connectivity index (χ0n) is 17.0. The summed E-state index contributed by atoms with van der Waals surface area (Å²) >= 11 is 1.59. The maximum Gasteiger partial charge on any atom is 0.244 e. The maximum atomic E-state index is 13.9. The van der Waals surface area contributed by atoms with E-state index in [1.54, 1.807) is 36.5 Å². The number of hydrogen-bond donors (Lipinski definition) is 1. The van der Waals surface area contributed by atoms with Crippen molar-refractivity contribution < 1.29 is 18.7 Å². The Bertz CT molecular complexity index is 1050. The van der Waals surface area contributed by atoms with Crippen LogP contribution < -0.4 is 14.8 Å². The highest BCUT2D eigenvalue weighted by Crippen LogP contribution is 2.22. The Morgan fingerprint density at radius 1 is 1.30 bits per heavy atom. The standard InChI is InChI=1S/C23H23FN2O3S/c1-15(18-8-9-22(28-3)21(24)12-18)25-23(27)10-7-17-5-4-6-20(11-17)29-13-19-14-30-16(2)26-19/h4-12,14-15H,13H2,1-3H3,(H,25,27)/b10-7+. The van der Waals surface area contributed by atoms with E-state index in [0.29, 0.717) is 17.9 Å². The molecular formula is C23H23FN2O3S. The van der Waals surface area contributed by atoms with Crippen molar-refractivity contribution in [1.82, 2.24) is 10.3 Å². The molecule has 0 aliphatic carbocycles. The van der Waals surface area contributed by atoms with E-state index in [0.717, 1.165) is 16.3 Å². The minimum atomic E-state index is -0.462. The van der Waals surface area contributed by atoms with Crippen LogP contribution in [0.5, 0.6) is 11.5 Å². The Balaban J connectivity index is 1.57. The molecule has 0 spiro atoms. The number of benzene rings is 2. The van der Waals surface area contributed by atoms with Gasteiger partial charge < -0.3 is 14.8 Å². The fraction of sp³-hybridized carbons (Fsp3) is 0.217. The van der Waals surface area contributed by atoms with Crippen LogP contribution in [0.4, 0.5) is 4.39 Å². The number of ether oxygens (including phenoxy) is 2. The summed E-state index contributed by atoms with van der Waals surface area (Å²) in [7, 11) is 1.41. The number of rotatable bonds is 8. The fourth-order valence-electron chi connectivity index (χ4n) is 2.81. The maximum absolute atomic E-state index is 13.9. The van der Waals surface area contributed by atoms with Crippen molar-refractivity contribution in [3.63, 3.8) is 0 Å². The zero-order valence-corrected chi connectivity index (χ0v) is 17.8. The highest BCUT2D eigenvalue weighted by Gasteiger charge is 2.11. The molecule has 1 heterocycles. The topological polar surface area (TPSA) is 60.5 Å². The SMILES string of the molecule is COc1ccc(C(C)NC(=O)/C=C/c2cccc(OCc3csc(C)n3)c2)cc1F. The number of halogens is 1. The van der Waals surface area contributed by atoms with E-state index in [1.165, 1.54) is 19.3 Å². The van der Waals surface area contributed by atoms with Gasteiger partial charge in [-0.05, 0) is 55.3 Å². The number of carbonyl (C=O) groups excluding carboxylic acids is 1. The number of amides is 1. The summed E-state index contributed by atoms with van der Waals surface area (Å²) < 4.78 is 24.5. The second-order valence-electron chi connectivity index (χ2n) is 6.68. The number of carbonyl (C=O) groups is 1. The molecule has 0 fully saturated rings. The summed E-state index contributed by atoms with van der Waals surface area (Å²) in [5.41, 5.74) is 2.38. The van der Waals surface area contributed by atoms with Gasteiger partial charge in [-0.25, -0.2) is 9.37 Å².